The van der Waals surface area contributed by atoms with Crippen molar-refractivity contribution in [2.24, 2.45) is 5.41 Å². The molecule has 3 aliphatic heterocycles. The highest BCUT2D eigenvalue weighted by molar-refractivity contribution is 5.60. The smallest absolute Gasteiger partial charge is 0.253 e. The van der Waals surface area contributed by atoms with Crippen LogP contribution in [0.2, 0.25) is 0 Å². The molecular weight excluding hydrogens is 542 g/mol. The molecule has 3 fully saturated rings. The number of ether oxygens (including phenoxy) is 1. The van der Waals surface area contributed by atoms with E-state index >= 15 is 0 Å². The third-order valence-electron chi connectivity index (χ3n) is 9.96. The van der Waals surface area contributed by atoms with Gasteiger partial charge in [0, 0.05) is 49.8 Å². The van der Waals surface area contributed by atoms with Crippen molar-refractivity contribution in [3.05, 3.63) is 88.0 Å². The number of aromatic nitrogens is 2. The Morgan fingerprint density at radius 1 is 1.05 bits per heavy atom. The Kier molecular flexibility index (Phi) is 8.77. The van der Waals surface area contributed by atoms with E-state index in [1.165, 1.54) is 11.1 Å². The number of hydrogen-bond acceptors (Lipinski definition) is 7. The van der Waals surface area contributed by atoms with Gasteiger partial charge in [-0.1, -0.05) is 55.3 Å². The van der Waals surface area contributed by atoms with Crippen LogP contribution in [0.1, 0.15) is 54.8 Å². The molecule has 4 aliphatic rings. The maximum atomic E-state index is 12.9. The molecule has 7 rings (SSSR count). The van der Waals surface area contributed by atoms with Crippen molar-refractivity contribution >= 4 is 6.41 Å². The SMILES string of the molecule is CN1CCC(O)(Cn2cnc(-c3ccc4c(c3)COC4)cc2=O)C2(CCCC2)C1.O=CN1CCNCC1c1ccccc1. The summed E-state index contributed by atoms with van der Waals surface area (Å²) in [6, 6.07) is 18.0. The number of piperazine rings is 1. The van der Waals surface area contributed by atoms with E-state index in [9.17, 15) is 14.7 Å². The molecule has 2 N–H and O–H groups in total. The maximum Gasteiger partial charge on any atom is 0.253 e. The summed E-state index contributed by atoms with van der Waals surface area (Å²) < 4.78 is 7.08. The summed E-state index contributed by atoms with van der Waals surface area (Å²) in [6.45, 7) is 5.89. The Labute approximate surface area is 253 Å². The molecule has 1 aliphatic carbocycles. The predicted octanol–water partition coefficient (Wildman–Crippen LogP) is 3.36. The van der Waals surface area contributed by atoms with E-state index in [1.54, 1.807) is 17.0 Å². The topological polar surface area (TPSA) is 99.9 Å². The number of piperidine rings is 1. The van der Waals surface area contributed by atoms with Crippen molar-refractivity contribution < 1.29 is 14.6 Å². The molecule has 2 atom stereocenters. The van der Waals surface area contributed by atoms with E-state index in [2.05, 4.69) is 46.5 Å². The van der Waals surface area contributed by atoms with Crippen molar-refractivity contribution in [1.82, 2.24) is 24.7 Å². The van der Waals surface area contributed by atoms with Crippen LogP contribution in [0.4, 0.5) is 0 Å². The lowest BCUT2D eigenvalue weighted by molar-refractivity contribution is -0.139. The normalized spacial score (nSPS) is 24.8. The van der Waals surface area contributed by atoms with Gasteiger partial charge in [0.1, 0.15) is 0 Å². The Morgan fingerprint density at radius 3 is 2.60 bits per heavy atom. The van der Waals surface area contributed by atoms with Gasteiger partial charge in [-0.25, -0.2) is 4.98 Å². The monoisotopic (exact) mass is 585 g/mol. The maximum absolute atomic E-state index is 12.9. The summed E-state index contributed by atoms with van der Waals surface area (Å²) in [4.78, 5) is 32.5. The van der Waals surface area contributed by atoms with Gasteiger partial charge in [-0.05, 0) is 49.1 Å². The number of carbonyl (C=O) groups excluding carboxylic acids is 1. The highest BCUT2D eigenvalue weighted by atomic mass is 16.5. The lowest BCUT2D eigenvalue weighted by Crippen LogP contribution is -2.60. The summed E-state index contributed by atoms with van der Waals surface area (Å²) in [5.74, 6) is 0. The minimum absolute atomic E-state index is 0.104. The van der Waals surface area contributed by atoms with Crippen molar-refractivity contribution in [3.63, 3.8) is 0 Å². The minimum Gasteiger partial charge on any atom is -0.387 e. The van der Waals surface area contributed by atoms with Crippen LogP contribution >= 0.6 is 0 Å². The predicted molar refractivity (Wildman–Crippen MR) is 165 cm³/mol. The molecule has 9 nitrogen and oxygen atoms in total. The molecule has 2 unspecified atom stereocenters. The fourth-order valence-corrected chi connectivity index (χ4v) is 7.45. The molecule has 1 spiro atoms. The van der Waals surface area contributed by atoms with Gasteiger partial charge in [-0.2, -0.15) is 0 Å². The lowest BCUT2D eigenvalue weighted by atomic mass is 9.66. The Balaban J connectivity index is 0.000000197. The first-order valence-electron chi connectivity index (χ1n) is 15.5. The van der Waals surface area contributed by atoms with Crippen molar-refractivity contribution in [2.75, 3.05) is 39.8 Å². The molecule has 9 heteroatoms. The number of rotatable bonds is 5. The van der Waals surface area contributed by atoms with Gasteiger partial charge in [0.25, 0.3) is 5.56 Å². The van der Waals surface area contributed by atoms with Gasteiger partial charge >= 0.3 is 0 Å². The zero-order valence-corrected chi connectivity index (χ0v) is 25.1. The van der Waals surface area contributed by atoms with E-state index < -0.39 is 5.60 Å². The standard InChI is InChI=1S/C23H29N3O3.C11H14N2O/c1-25-9-8-23(28,22(14-25)6-2-3-7-22)15-26-16-24-20(11-21(26)27)17-4-5-18-12-29-13-19(18)10-17;14-9-13-7-6-12-8-11(13)10-4-2-1-3-5-10/h4-5,10-11,16,28H,2-3,6-9,12-15H2,1H3;1-5,9,11-12H,6-8H2. The molecule has 1 amide bonds. The fourth-order valence-electron chi connectivity index (χ4n) is 7.45. The van der Waals surface area contributed by atoms with E-state index in [0.717, 1.165) is 75.9 Å². The first kappa shape index (κ1) is 29.7. The largest absolute Gasteiger partial charge is 0.387 e. The first-order valence-corrected chi connectivity index (χ1v) is 15.5. The number of amides is 1. The lowest BCUT2D eigenvalue weighted by Gasteiger charge is -2.51. The van der Waals surface area contributed by atoms with Crippen molar-refractivity contribution in [2.45, 2.75) is 63.5 Å². The van der Waals surface area contributed by atoms with E-state index in [-0.39, 0.29) is 17.0 Å². The molecule has 4 heterocycles. The van der Waals surface area contributed by atoms with E-state index in [4.69, 9.17) is 4.74 Å². The van der Waals surface area contributed by atoms with Crippen LogP contribution in [0, 0.1) is 5.41 Å². The Morgan fingerprint density at radius 2 is 1.84 bits per heavy atom. The second-order valence-corrected chi connectivity index (χ2v) is 12.7. The van der Waals surface area contributed by atoms with Crippen LogP contribution in [-0.4, -0.2) is 76.2 Å². The number of nitrogens with one attached hydrogen (secondary N) is 1. The fraction of sp³-hybridized carbons (Fsp3) is 0.500. The second kappa shape index (κ2) is 12.7. The molecule has 1 aromatic heterocycles. The van der Waals surface area contributed by atoms with Gasteiger partial charge < -0.3 is 25.0 Å². The van der Waals surface area contributed by atoms with Crippen LogP contribution in [0.25, 0.3) is 11.3 Å². The molecule has 0 radical (unpaired) electrons. The van der Waals surface area contributed by atoms with Gasteiger partial charge in [0.15, 0.2) is 0 Å². The molecule has 43 heavy (non-hydrogen) atoms. The molecular formula is C34H43N5O4. The average Bonchev–Trinajstić information content (AvgIpc) is 3.71. The summed E-state index contributed by atoms with van der Waals surface area (Å²) in [6.07, 6.45) is 7.63. The van der Waals surface area contributed by atoms with Gasteiger partial charge in [0.2, 0.25) is 6.41 Å². The number of fused-ring (bicyclic) bond motifs is 1. The Bertz CT molecular complexity index is 1470. The Hall–Kier alpha value is -3.37. The molecule has 2 aromatic carbocycles. The summed E-state index contributed by atoms with van der Waals surface area (Å²) in [5, 5.41) is 15.0. The van der Waals surface area contributed by atoms with Gasteiger partial charge in [-0.15, -0.1) is 0 Å². The van der Waals surface area contributed by atoms with Crippen LogP contribution in [-0.2, 0) is 29.3 Å². The molecule has 0 bridgehead atoms. The van der Waals surface area contributed by atoms with Crippen LogP contribution in [0.15, 0.2) is 65.7 Å². The minimum atomic E-state index is -0.853. The van der Waals surface area contributed by atoms with Crippen molar-refractivity contribution in [1.29, 1.82) is 0 Å². The zero-order valence-electron chi connectivity index (χ0n) is 25.1. The molecule has 228 valence electrons. The number of hydrogen-bond donors (Lipinski definition) is 2. The number of aliphatic hydroxyl groups is 1. The van der Waals surface area contributed by atoms with E-state index in [0.29, 0.717) is 31.9 Å². The third-order valence-corrected chi connectivity index (χ3v) is 9.96. The quantitative estimate of drug-likeness (QED) is 0.443. The van der Waals surface area contributed by atoms with Crippen LogP contribution in [0.5, 0.6) is 0 Å². The number of likely N-dealkylation sites (tertiary alicyclic amines) is 1. The molecule has 2 saturated heterocycles. The highest BCUT2D eigenvalue weighted by Gasteiger charge is 2.54. The van der Waals surface area contributed by atoms with Crippen LogP contribution in [0.3, 0.4) is 0 Å². The highest BCUT2D eigenvalue weighted by Crippen LogP contribution is 2.51. The average molecular weight is 586 g/mol. The molecule has 3 aromatic rings. The van der Waals surface area contributed by atoms with Gasteiger partial charge in [-0.3, -0.25) is 14.2 Å². The third kappa shape index (κ3) is 6.17. The number of benzene rings is 2. The first-order chi connectivity index (χ1) is 20.9. The second-order valence-electron chi connectivity index (χ2n) is 12.7. The van der Waals surface area contributed by atoms with Crippen LogP contribution < -0.4 is 10.9 Å². The molecule has 1 saturated carbocycles. The summed E-state index contributed by atoms with van der Waals surface area (Å²) in [7, 11) is 2.13. The van der Waals surface area contributed by atoms with E-state index in [1.807, 2.05) is 29.2 Å². The van der Waals surface area contributed by atoms with Gasteiger partial charge in [0.05, 0.1) is 43.4 Å². The number of carbonyl (C=O) groups is 1. The zero-order chi connectivity index (χ0) is 29.9. The number of nitrogens with zero attached hydrogens (tertiary/aromatic N) is 4. The van der Waals surface area contributed by atoms with Crippen molar-refractivity contribution in [3.8, 4) is 11.3 Å². The summed E-state index contributed by atoms with van der Waals surface area (Å²) >= 11 is 0. The summed E-state index contributed by atoms with van der Waals surface area (Å²) in [5.41, 5.74) is 4.10.